The monoisotopic (exact) mass is 278 g/mol. The first kappa shape index (κ1) is 15.3. The van der Waals surface area contributed by atoms with Crippen LogP contribution in [0.2, 0.25) is 0 Å². The third-order valence-corrected chi connectivity index (χ3v) is 2.31. The Balaban J connectivity index is 2.70. The number of hydrogen-bond donors (Lipinski definition) is 2. The smallest absolute Gasteiger partial charge is 0.374 e. The molecular weight excluding hydrogens is 264 g/mol. The number of carbonyl (C=O) groups is 1. The molecule has 0 aliphatic heterocycles. The fourth-order valence-electron chi connectivity index (χ4n) is 1.34. The van der Waals surface area contributed by atoms with Crippen molar-refractivity contribution in [3.63, 3.8) is 0 Å². The van der Waals surface area contributed by atoms with Crippen molar-refractivity contribution in [2.45, 2.75) is 19.5 Å². The molecule has 0 bridgehead atoms. The zero-order valence-corrected chi connectivity index (χ0v) is 10.3. The molecule has 3 nitrogen and oxygen atoms in total. The molecule has 2 N–H and O–H groups in total. The molecule has 106 valence electrons. The molecule has 0 aliphatic rings. The van der Waals surface area contributed by atoms with Crippen molar-refractivity contribution in [3.05, 3.63) is 29.6 Å². The van der Waals surface area contributed by atoms with Crippen molar-refractivity contribution in [2.75, 3.05) is 18.4 Å². The fourth-order valence-corrected chi connectivity index (χ4v) is 1.34. The predicted octanol–water partition coefficient (Wildman–Crippen LogP) is 2.78. The van der Waals surface area contributed by atoms with Crippen LogP contribution in [0.3, 0.4) is 0 Å². The summed E-state index contributed by atoms with van der Waals surface area (Å²) in [6.45, 7) is 2.05. The van der Waals surface area contributed by atoms with Gasteiger partial charge in [-0.25, -0.2) is 4.39 Å². The third-order valence-electron chi connectivity index (χ3n) is 2.31. The van der Waals surface area contributed by atoms with Crippen molar-refractivity contribution in [3.8, 4) is 0 Å². The van der Waals surface area contributed by atoms with Crippen molar-refractivity contribution >= 4 is 11.6 Å². The minimum absolute atomic E-state index is 0.280. The first-order chi connectivity index (χ1) is 8.84. The standard InChI is InChI=1S/C12H14F4N2O/c1-2-5-17-11(19)7-18-10-6-8(12(14,15)16)3-4-9(10)13/h3-4,6,18H,2,5,7H2,1H3,(H,17,19). The van der Waals surface area contributed by atoms with E-state index in [-0.39, 0.29) is 12.2 Å². The molecule has 0 radical (unpaired) electrons. The lowest BCUT2D eigenvalue weighted by Gasteiger charge is -2.11. The van der Waals surface area contributed by atoms with Crippen LogP contribution >= 0.6 is 0 Å². The molecule has 7 heteroatoms. The quantitative estimate of drug-likeness (QED) is 0.813. The Hall–Kier alpha value is -1.79. The van der Waals surface area contributed by atoms with Gasteiger partial charge in [0, 0.05) is 6.54 Å². The van der Waals surface area contributed by atoms with Gasteiger partial charge in [-0.2, -0.15) is 13.2 Å². The van der Waals surface area contributed by atoms with Crippen LogP contribution in [-0.2, 0) is 11.0 Å². The van der Waals surface area contributed by atoms with Crippen molar-refractivity contribution in [1.29, 1.82) is 0 Å². The van der Waals surface area contributed by atoms with E-state index in [1.165, 1.54) is 0 Å². The second-order valence-corrected chi connectivity index (χ2v) is 3.90. The van der Waals surface area contributed by atoms with Gasteiger partial charge in [0.1, 0.15) is 5.82 Å². The van der Waals surface area contributed by atoms with E-state index in [4.69, 9.17) is 0 Å². The van der Waals surface area contributed by atoms with E-state index in [2.05, 4.69) is 10.6 Å². The minimum Gasteiger partial charge on any atom is -0.374 e. The van der Waals surface area contributed by atoms with Crippen molar-refractivity contribution in [1.82, 2.24) is 5.32 Å². The van der Waals surface area contributed by atoms with Crippen LogP contribution in [0.1, 0.15) is 18.9 Å². The molecule has 1 aromatic rings. The summed E-state index contributed by atoms with van der Waals surface area (Å²) in [5.41, 5.74) is -1.31. The van der Waals surface area contributed by atoms with Gasteiger partial charge in [-0.05, 0) is 24.6 Å². The SMILES string of the molecule is CCCNC(=O)CNc1cc(C(F)(F)F)ccc1F. The third kappa shape index (κ3) is 4.76. The highest BCUT2D eigenvalue weighted by Gasteiger charge is 2.31. The molecule has 0 unspecified atom stereocenters. The van der Waals surface area contributed by atoms with E-state index in [0.29, 0.717) is 18.7 Å². The minimum atomic E-state index is -4.55. The molecule has 1 amide bonds. The number of benzene rings is 1. The summed E-state index contributed by atoms with van der Waals surface area (Å²) in [6.07, 6.45) is -3.81. The maximum Gasteiger partial charge on any atom is 0.416 e. The highest BCUT2D eigenvalue weighted by molar-refractivity contribution is 5.80. The fraction of sp³-hybridized carbons (Fsp3) is 0.417. The first-order valence-electron chi connectivity index (χ1n) is 5.72. The lowest BCUT2D eigenvalue weighted by molar-refractivity contribution is -0.137. The van der Waals surface area contributed by atoms with Crippen molar-refractivity contribution in [2.24, 2.45) is 0 Å². The number of alkyl halides is 3. The van der Waals surface area contributed by atoms with E-state index in [1.54, 1.807) is 0 Å². The molecule has 0 heterocycles. The number of anilines is 1. The Labute approximate surface area is 108 Å². The van der Waals surface area contributed by atoms with E-state index in [1.807, 2.05) is 6.92 Å². The highest BCUT2D eigenvalue weighted by Crippen LogP contribution is 2.31. The van der Waals surface area contributed by atoms with E-state index >= 15 is 0 Å². The molecule has 0 atom stereocenters. The van der Waals surface area contributed by atoms with Gasteiger partial charge in [0.15, 0.2) is 0 Å². The van der Waals surface area contributed by atoms with Crippen LogP contribution < -0.4 is 10.6 Å². The van der Waals surface area contributed by atoms with Gasteiger partial charge in [0.2, 0.25) is 5.91 Å². The van der Waals surface area contributed by atoms with Gasteiger partial charge in [0.05, 0.1) is 17.8 Å². The maximum atomic E-state index is 13.3. The number of halogens is 4. The Morgan fingerprint density at radius 2 is 2.00 bits per heavy atom. The number of amides is 1. The molecule has 0 saturated carbocycles. The van der Waals surface area contributed by atoms with Gasteiger partial charge in [0.25, 0.3) is 0 Å². The predicted molar refractivity (Wildman–Crippen MR) is 63.2 cm³/mol. The van der Waals surface area contributed by atoms with Crippen LogP contribution in [0.5, 0.6) is 0 Å². The number of nitrogens with one attached hydrogen (secondary N) is 2. The Bertz CT molecular complexity index is 446. The number of hydrogen-bond acceptors (Lipinski definition) is 2. The van der Waals surface area contributed by atoms with Crippen LogP contribution in [0, 0.1) is 5.82 Å². The van der Waals surface area contributed by atoms with Crippen LogP contribution in [0.4, 0.5) is 23.2 Å². The topological polar surface area (TPSA) is 41.1 Å². The number of rotatable bonds is 5. The average Bonchev–Trinajstić information content (AvgIpc) is 2.33. The second kappa shape index (κ2) is 6.40. The number of carbonyl (C=O) groups excluding carboxylic acids is 1. The summed E-state index contributed by atoms with van der Waals surface area (Å²) in [5, 5.41) is 4.87. The van der Waals surface area contributed by atoms with Gasteiger partial charge in [-0.1, -0.05) is 6.92 Å². The average molecular weight is 278 g/mol. The summed E-state index contributed by atoms with van der Waals surface area (Å²) in [6, 6.07) is 2.01. The lowest BCUT2D eigenvalue weighted by Crippen LogP contribution is -2.30. The van der Waals surface area contributed by atoms with Gasteiger partial charge < -0.3 is 10.6 Å². The molecule has 0 fully saturated rings. The molecule has 0 saturated heterocycles. The molecule has 0 aliphatic carbocycles. The van der Waals surface area contributed by atoms with E-state index < -0.39 is 23.5 Å². The van der Waals surface area contributed by atoms with Gasteiger partial charge in [-0.15, -0.1) is 0 Å². The van der Waals surface area contributed by atoms with Crippen LogP contribution in [0.25, 0.3) is 0 Å². The summed E-state index contributed by atoms with van der Waals surface area (Å²) in [5.74, 6) is -1.24. The molecule has 0 spiro atoms. The normalized spacial score (nSPS) is 11.2. The van der Waals surface area contributed by atoms with Crippen molar-refractivity contribution < 1.29 is 22.4 Å². The molecule has 1 rings (SSSR count). The van der Waals surface area contributed by atoms with Crippen LogP contribution in [-0.4, -0.2) is 19.0 Å². The largest absolute Gasteiger partial charge is 0.416 e. The zero-order chi connectivity index (χ0) is 14.5. The Morgan fingerprint density at radius 1 is 1.32 bits per heavy atom. The molecule has 0 aromatic heterocycles. The van der Waals surface area contributed by atoms with Gasteiger partial charge in [-0.3, -0.25) is 4.79 Å². The zero-order valence-electron chi connectivity index (χ0n) is 10.3. The molecule has 19 heavy (non-hydrogen) atoms. The molecular formula is C12H14F4N2O. The summed E-state index contributed by atoms with van der Waals surface area (Å²) in [4.78, 5) is 11.3. The highest BCUT2D eigenvalue weighted by atomic mass is 19.4. The van der Waals surface area contributed by atoms with Gasteiger partial charge >= 0.3 is 6.18 Å². The maximum absolute atomic E-state index is 13.3. The van der Waals surface area contributed by atoms with E-state index in [0.717, 1.165) is 12.5 Å². The first-order valence-corrected chi connectivity index (χ1v) is 5.72. The Morgan fingerprint density at radius 3 is 2.58 bits per heavy atom. The summed E-state index contributed by atoms with van der Waals surface area (Å²) < 4.78 is 50.6. The second-order valence-electron chi connectivity index (χ2n) is 3.90. The molecule has 1 aromatic carbocycles. The van der Waals surface area contributed by atoms with Crippen LogP contribution in [0.15, 0.2) is 18.2 Å². The summed E-state index contributed by atoms with van der Waals surface area (Å²) >= 11 is 0. The lowest BCUT2D eigenvalue weighted by atomic mass is 10.2. The summed E-state index contributed by atoms with van der Waals surface area (Å²) in [7, 11) is 0. The van der Waals surface area contributed by atoms with E-state index in [9.17, 15) is 22.4 Å². The Kier molecular flexibility index (Phi) is 5.14.